The molecule has 5 aliphatic rings. The second-order valence-corrected chi connectivity index (χ2v) is 18.1. The number of allylic oxidation sites excluding steroid dienone is 2. The highest BCUT2D eigenvalue weighted by atomic mass is 16.5. The number of hydrogen-bond donors (Lipinski definition) is 4. The van der Waals surface area contributed by atoms with Crippen LogP contribution in [0, 0.1) is 23.2 Å². The van der Waals surface area contributed by atoms with Crippen LogP contribution in [-0.2, 0) is 14.3 Å². The molecule has 2 unspecified atom stereocenters. The maximum Gasteiger partial charge on any atom is 0.311 e. The first-order valence-electron chi connectivity index (χ1n) is 20.6. The molecule has 0 saturated heterocycles. The number of aliphatic hydroxyl groups is 1. The van der Waals surface area contributed by atoms with Crippen molar-refractivity contribution in [2.24, 2.45) is 28.2 Å². The molecule has 0 bridgehead atoms. The fourth-order valence-corrected chi connectivity index (χ4v) is 10.4. The number of benzene rings is 4. The summed E-state index contributed by atoms with van der Waals surface area (Å²) in [7, 11) is 0. The Bertz CT molecular complexity index is 2410. The molecule has 4 aromatic carbocycles. The zero-order chi connectivity index (χ0) is 38.3. The first-order chi connectivity index (χ1) is 26.4. The summed E-state index contributed by atoms with van der Waals surface area (Å²) in [6.07, 6.45) is 9.54. The molecular formula is C47H54N4O4. The van der Waals surface area contributed by atoms with Crippen molar-refractivity contribution in [3.05, 3.63) is 82.6 Å². The van der Waals surface area contributed by atoms with E-state index in [0.717, 1.165) is 107 Å². The van der Waals surface area contributed by atoms with Crippen LogP contribution in [0.4, 0.5) is 17.1 Å². The molecule has 4 N–H and O–H groups in total. The number of rotatable bonds is 7. The van der Waals surface area contributed by atoms with Gasteiger partial charge in [-0.3, -0.25) is 14.6 Å². The summed E-state index contributed by atoms with van der Waals surface area (Å²) in [5.41, 5.74) is 3.25. The summed E-state index contributed by atoms with van der Waals surface area (Å²) in [4.78, 5) is 32.4. The molecule has 2 saturated carbocycles. The quantitative estimate of drug-likeness (QED) is 0.110. The highest BCUT2D eigenvalue weighted by molar-refractivity contribution is 6.52. The standard InChI is InChI=1S/C47H54N4O4/c1-6-45(4,5)44(54)55-23-9-10-29-19-21-46(22-20-29)48-34-13-7-11-30-15-17-32(40(50-46)36(30)34)38-42(52)39(43(38)53)33-18-16-31-12-8-14-35-37(31)41(33)51-47(49-35)25-27(2)24-28(3)26-47/h7-8,11-18,27-29,48-49,51-52H,6,9-10,19-26H2,1-5H3/b38-32-. The van der Waals surface area contributed by atoms with Crippen molar-refractivity contribution in [3.8, 4) is 0 Å². The molecule has 2 atom stereocenters. The molecule has 0 amide bonds. The SMILES string of the molecule is CCC(C)(C)C(=O)OCCCC1CCC2(CC1)N=c1/c(=C3\C(=O)C(c4ccc5cccc6c5c4NC4(CC(C)CC(C)C4)N6)=C3O)ccc3cccc(c13)N2. The lowest BCUT2D eigenvalue weighted by atomic mass is 9.74. The van der Waals surface area contributed by atoms with E-state index in [-0.39, 0.29) is 23.2 Å². The average Bonchev–Trinajstić information content (AvgIpc) is 3.15. The molecule has 8 heteroatoms. The summed E-state index contributed by atoms with van der Waals surface area (Å²) in [5.74, 6) is 1.42. The molecule has 55 heavy (non-hydrogen) atoms. The van der Waals surface area contributed by atoms with Crippen LogP contribution in [-0.4, -0.2) is 34.8 Å². The Labute approximate surface area is 323 Å². The zero-order valence-corrected chi connectivity index (χ0v) is 32.9. The molecule has 2 spiro atoms. The van der Waals surface area contributed by atoms with E-state index in [2.05, 4.69) is 72.3 Å². The number of hydrogen-bond acceptors (Lipinski definition) is 8. The van der Waals surface area contributed by atoms with E-state index in [1.54, 1.807) is 0 Å². The lowest BCUT2D eigenvalue weighted by molar-refractivity contribution is -0.154. The van der Waals surface area contributed by atoms with Gasteiger partial charge in [0.15, 0.2) is 0 Å². The Hall–Kier alpha value is -4.85. The largest absolute Gasteiger partial charge is 0.506 e. The second kappa shape index (κ2) is 13.1. The molecule has 9 rings (SSSR count). The van der Waals surface area contributed by atoms with Gasteiger partial charge in [0.2, 0.25) is 5.78 Å². The Morgan fingerprint density at radius 1 is 0.891 bits per heavy atom. The Kier molecular flexibility index (Phi) is 8.55. The van der Waals surface area contributed by atoms with Crippen LogP contribution < -0.4 is 26.5 Å². The fraction of sp³-hybridized carbons (Fsp3) is 0.468. The molecule has 4 aromatic rings. The minimum atomic E-state index is -0.487. The molecule has 0 aromatic heterocycles. The van der Waals surface area contributed by atoms with Crippen LogP contribution in [0.3, 0.4) is 0 Å². The molecule has 2 aliphatic heterocycles. The first kappa shape index (κ1) is 35.8. The number of carbonyl (C=O) groups excluding carboxylic acids is 2. The van der Waals surface area contributed by atoms with Gasteiger partial charge in [0, 0.05) is 32.9 Å². The molecular weight excluding hydrogens is 685 g/mol. The minimum Gasteiger partial charge on any atom is -0.506 e. The van der Waals surface area contributed by atoms with E-state index in [9.17, 15) is 14.7 Å². The number of carbonyl (C=O) groups is 2. The van der Waals surface area contributed by atoms with Gasteiger partial charge in [-0.25, -0.2) is 0 Å². The van der Waals surface area contributed by atoms with Gasteiger partial charge >= 0.3 is 5.97 Å². The van der Waals surface area contributed by atoms with E-state index in [1.807, 2.05) is 39.0 Å². The van der Waals surface area contributed by atoms with Crippen LogP contribution in [0.25, 0.3) is 32.7 Å². The second-order valence-electron chi connectivity index (χ2n) is 18.1. The summed E-state index contributed by atoms with van der Waals surface area (Å²) < 4.78 is 5.62. The number of ether oxygens (including phenoxy) is 1. The smallest absolute Gasteiger partial charge is 0.311 e. The number of esters is 1. The van der Waals surface area contributed by atoms with E-state index >= 15 is 0 Å². The van der Waals surface area contributed by atoms with Gasteiger partial charge in [0.25, 0.3) is 0 Å². The van der Waals surface area contributed by atoms with Crippen molar-refractivity contribution in [3.63, 3.8) is 0 Å². The molecule has 8 nitrogen and oxygen atoms in total. The van der Waals surface area contributed by atoms with Crippen LogP contribution in [0.1, 0.15) is 104 Å². The third-order valence-electron chi connectivity index (χ3n) is 13.5. The monoisotopic (exact) mass is 738 g/mol. The Morgan fingerprint density at radius 3 is 2.25 bits per heavy atom. The predicted octanol–water partition coefficient (Wildman–Crippen LogP) is 9.38. The van der Waals surface area contributed by atoms with Crippen LogP contribution in [0.5, 0.6) is 0 Å². The van der Waals surface area contributed by atoms with Gasteiger partial charge in [-0.15, -0.1) is 0 Å². The molecule has 0 radical (unpaired) electrons. The van der Waals surface area contributed by atoms with Gasteiger partial charge in [-0.1, -0.05) is 69.3 Å². The number of nitrogens with one attached hydrogen (secondary N) is 3. The van der Waals surface area contributed by atoms with Crippen LogP contribution >= 0.6 is 0 Å². The number of ketones is 1. The minimum absolute atomic E-state index is 0.0421. The average molecular weight is 739 g/mol. The van der Waals surface area contributed by atoms with Crippen molar-refractivity contribution in [2.75, 3.05) is 22.6 Å². The van der Waals surface area contributed by atoms with E-state index in [0.29, 0.717) is 40.7 Å². The summed E-state index contributed by atoms with van der Waals surface area (Å²) in [6, 6.07) is 20.7. The van der Waals surface area contributed by atoms with Gasteiger partial charge in [-0.05, 0) is 119 Å². The van der Waals surface area contributed by atoms with Crippen molar-refractivity contribution in [1.82, 2.24) is 0 Å². The molecule has 2 heterocycles. The molecule has 286 valence electrons. The number of nitrogens with zero attached hydrogens (tertiary/aromatic N) is 1. The third kappa shape index (κ3) is 5.98. The van der Waals surface area contributed by atoms with Crippen molar-refractivity contribution in [1.29, 1.82) is 0 Å². The van der Waals surface area contributed by atoms with Gasteiger partial charge in [0.1, 0.15) is 17.1 Å². The Morgan fingerprint density at radius 2 is 1.56 bits per heavy atom. The summed E-state index contributed by atoms with van der Waals surface area (Å²) >= 11 is 0. The Balaban J connectivity index is 1.06. The van der Waals surface area contributed by atoms with E-state index in [4.69, 9.17) is 9.73 Å². The zero-order valence-electron chi connectivity index (χ0n) is 32.9. The van der Waals surface area contributed by atoms with Gasteiger partial charge in [-0.2, -0.15) is 0 Å². The third-order valence-corrected chi connectivity index (χ3v) is 13.5. The lowest BCUT2D eigenvalue weighted by Crippen LogP contribution is -2.53. The van der Waals surface area contributed by atoms with E-state index in [1.165, 1.54) is 6.42 Å². The first-order valence-corrected chi connectivity index (χ1v) is 20.6. The molecule has 3 aliphatic carbocycles. The lowest BCUT2D eigenvalue weighted by Gasteiger charge is -2.48. The number of aliphatic hydroxyl groups excluding tert-OH is 1. The van der Waals surface area contributed by atoms with Gasteiger partial charge in [0.05, 0.1) is 34.2 Å². The van der Waals surface area contributed by atoms with Crippen molar-refractivity contribution >= 4 is 61.5 Å². The summed E-state index contributed by atoms with van der Waals surface area (Å²) in [6.45, 7) is 11.0. The van der Waals surface area contributed by atoms with Crippen molar-refractivity contribution in [2.45, 2.75) is 110 Å². The van der Waals surface area contributed by atoms with E-state index < -0.39 is 11.1 Å². The maximum atomic E-state index is 14.5. The van der Waals surface area contributed by atoms with Gasteiger partial charge < -0.3 is 25.8 Å². The highest BCUT2D eigenvalue weighted by Gasteiger charge is 2.44. The maximum absolute atomic E-state index is 14.5. The molecule has 2 fully saturated rings. The summed E-state index contributed by atoms with van der Waals surface area (Å²) in [5, 5.41) is 29.3. The number of anilines is 3. The topological polar surface area (TPSA) is 112 Å². The van der Waals surface area contributed by atoms with Crippen molar-refractivity contribution < 1.29 is 19.4 Å². The fourth-order valence-electron chi connectivity index (χ4n) is 10.4. The predicted molar refractivity (Wildman–Crippen MR) is 221 cm³/mol. The highest BCUT2D eigenvalue weighted by Crippen LogP contribution is 2.50. The van der Waals surface area contributed by atoms with Crippen LogP contribution in [0.15, 0.2) is 71.4 Å². The number of Topliss-reactive ketones (excluding diaryl/α,β-unsaturated/α-hetero) is 1. The van der Waals surface area contributed by atoms with Crippen LogP contribution in [0.2, 0.25) is 0 Å². The normalized spacial score (nSPS) is 28.0.